The first kappa shape index (κ1) is 16.7. The lowest BCUT2D eigenvalue weighted by Crippen LogP contribution is -2.26. The van der Waals surface area contributed by atoms with Gasteiger partial charge in [0, 0.05) is 17.7 Å². The Morgan fingerprint density at radius 1 is 1.14 bits per heavy atom. The maximum absolute atomic E-state index is 12.7. The number of imidazole rings is 1. The van der Waals surface area contributed by atoms with Gasteiger partial charge in [-0.25, -0.2) is 4.98 Å². The minimum Gasteiger partial charge on any atom is -0.453 e. The fraction of sp³-hybridized carbons (Fsp3) is 0.190. The number of fused-ring (bicyclic) bond motifs is 2. The van der Waals surface area contributed by atoms with E-state index < -0.39 is 0 Å². The summed E-state index contributed by atoms with van der Waals surface area (Å²) in [6, 6.07) is 11.8. The van der Waals surface area contributed by atoms with Crippen molar-refractivity contribution in [1.82, 2.24) is 20.2 Å². The second kappa shape index (κ2) is 6.38. The van der Waals surface area contributed by atoms with Crippen LogP contribution in [0.4, 0.5) is 5.69 Å². The molecule has 2 aliphatic rings. The van der Waals surface area contributed by atoms with Gasteiger partial charge in [0.2, 0.25) is 0 Å². The number of hydrogen-bond acceptors (Lipinski definition) is 6. The van der Waals surface area contributed by atoms with E-state index in [4.69, 9.17) is 4.42 Å². The number of carbonyl (C=O) groups is 1. The van der Waals surface area contributed by atoms with Crippen LogP contribution in [0.5, 0.6) is 0 Å². The number of allylic oxidation sites excluding steroid dienone is 2. The summed E-state index contributed by atoms with van der Waals surface area (Å²) in [4.78, 5) is 20.6. The molecular weight excluding hydrogens is 386 g/mol. The van der Waals surface area contributed by atoms with Crippen LogP contribution in [-0.2, 0) is 4.79 Å². The lowest BCUT2D eigenvalue weighted by Gasteiger charge is -2.30. The molecule has 144 valence electrons. The third-order valence-corrected chi connectivity index (χ3v) is 6.25. The van der Waals surface area contributed by atoms with Gasteiger partial charge in [0.1, 0.15) is 5.76 Å². The number of benzene rings is 1. The van der Waals surface area contributed by atoms with Crippen molar-refractivity contribution < 1.29 is 9.21 Å². The first-order valence-electron chi connectivity index (χ1n) is 9.55. The average molecular weight is 403 g/mol. The lowest BCUT2D eigenvalue weighted by atomic mass is 9.80. The minimum atomic E-state index is -0.262. The molecule has 8 heteroatoms. The molecule has 7 nitrogen and oxygen atoms in total. The van der Waals surface area contributed by atoms with Crippen molar-refractivity contribution >= 4 is 34.3 Å². The van der Waals surface area contributed by atoms with Gasteiger partial charge in [0.15, 0.2) is 16.0 Å². The van der Waals surface area contributed by atoms with E-state index in [-0.39, 0.29) is 11.7 Å². The van der Waals surface area contributed by atoms with E-state index in [0.29, 0.717) is 6.42 Å². The largest absolute Gasteiger partial charge is 0.453 e. The van der Waals surface area contributed by atoms with Crippen LogP contribution in [0.3, 0.4) is 0 Å². The molecule has 6 rings (SSSR count). The number of rotatable bonds is 3. The molecule has 3 aromatic heterocycles. The molecule has 0 amide bonds. The van der Waals surface area contributed by atoms with E-state index in [2.05, 4.69) is 25.5 Å². The quantitative estimate of drug-likeness (QED) is 0.462. The summed E-state index contributed by atoms with van der Waals surface area (Å²) in [5.41, 5.74) is 5.47. The summed E-state index contributed by atoms with van der Waals surface area (Å²) < 4.78 is 6.19. The van der Waals surface area contributed by atoms with Gasteiger partial charge in [-0.15, -0.1) is 0 Å². The smallest absolute Gasteiger partial charge is 0.174 e. The van der Waals surface area contributed by atoms with E-state index >= 15 is 0 Å². The molecule has 0 bridgehead atoms. The zero-order valence-electron chi connectivity index (χ0n) is 15.4. The number of hydrogen-bond donors (Lipinski definition) is 3. The number of Topliss-reactive ketones (excluding diaryl/α,β-unsaturated/α-hetero) is 1. The number of aromatic nitrogens is 4. The van der Waals surface area contributed by atoms with Crippen molar-refractivity contribution in [1.29, 1.82) is 0 Å². The summed E-state index contributed by atoms with van der Waals surface area (Å²) in [6.45, 7) is 0. The van der Waals surface area contributed by atoms with Crippen molar-refractivity contribution in [2.24, 2.45) is 0 Å². The molecule has 0 fully saturated rings. The number of nitrogens with one attached hydrogen (secondary N) is 3. The number of furan rings is 1. The van der Waals surface area contributed by atoms with Gasteiger partial charge >= 0.3 is 0 Å². The predicted octanol–water partition coefficient (Wildman–Crippen LogP) is 4.59. The molecule has 0 radical (unpaired) electrons. The van der Waals surface area contributed by atoms with Gasteiger partial charge in [-0.3, -0.25) is 9.89 Å². The van der Waals surface area contributed by atoms with E-state index in [1.54, 1.807) is 6.20 Å². The van der Waals surface area contributed by atoms with Crippen LogP contribution in [0.2, 0.25) is 0 Å². The van der Waals surface area contributed by atoms with Gasteiger partial charge < -0.3 is 14.7 Å². The summed E-state index contributed by atoms with van der Waals surface area (Å²) in [5.74, 6) is 0.645. The van der Waals surface area contributed by atoms with Gasteiger partial charge in [-0.05, 0) is 48.9 Å². The van der Waals surface area contributed by atoms with Crippen molar-refractivity contribution in [2.75, 3.05) is 5.32 Å². The van der Waals surface area contributed by atoms with Gasteiger partial charge in [0.25, 0.3) is 0 Å². The highest BCUT2D eigenvalue weighted by molar-refractivity contribution is 7.99. The van der Waals surface area contributed by atoms with Crippen LogP contribution >= 0.6 is 11.8 Å². The Kier molecular flexibility index (Phi) is 3.67. The highest BCUT2D eigenvalue weighted by Crippen LogP contribution is 2.45. The van der Waals surface area contributed by atoms with Gasteiger partial charge in [0.05, 0.1) is 34.5 Å². The molecular formula is C21H17N5O2S. The Morgan fingerprint density at radius 3 is 3.00 bits per heavy atom. The fourth-order valence-electron chi connectivity index (χ4n) is 4.15. The zero-order valence-corrected chi connectivity index (χ0v) is 16.2. The molecule has 1 aliphatic heterocycles. The number of aromatic amines is 2. The van der Waals surface area contributed by atoms with Crippen molar-refractivity contribution in [3.05, 3.63) is 65.3 Å². The summed E-state index contributed by atoms with van der Waals surface area (Å²) >= 11 is 1.44. The number of H-pyrrole nitrogens is 2. The monoisotopic (exact) mass is 403 g/mol. The Bertz CT molecular complexity index is 1250. The van der Waals surface area contributed by atoms with Crippen molar-refractivity contribution in [3.63, 3.8) is 0 Å². The molecule has 0 saturated heterocycles. The third-order valence-electron chi connectivity index (χ3n) is 5.44. The van der Waals surface area contributed by atoms with Crippen LogP contribution < -0.4 is 5.32 Å². The van der Waals surface area contributed by atoms with E-state index in [1.165, 1.54) is 11.8 Å². The first-order chi connectivity index (χ1) is 14.3. The molecule has 1 aliphatic carbocycles. The topological polar surface area (TPSA) is 99.6 Å². The number of anilines is 1. The SMILES string of the molecule is O=C1CCCC2=C1C(c1ccc(Sc3nc4ccccc4[nH]3)o1)c1[nH]ncc1N2. The highest BCUT2D eigenvalue weighted by atomic mass is 32.2. The minimum absolute atomic E-state index is 0.173. The maximum Gasteiger partial charge on any atom is 0.174 e. The van der Waals surface area contributed by atoms with E-state index in [0.717, 1.165) is 62.5 Å². The van der Waals surface area contributed by atoms with E-state index in [9.17, 15) is 4.79 Å². The molecule has 1 aromatic carbocycles. The Labute approximate surface area is 170 Å². The Morgan fingerprint density at radius 2 is 2.07 bits per heavy atom. The van der Waals surface area contributed by atoms with E-state index in [1.807, 2.05) is 36.4 Å². The van der Waals surface area contributed by atoms with Crippen LogP contribution in [0, 0.1) is 0 Å². The Hall–Kier alpha value is -3.26. The lowest BCUT2D eigenvalue weighted by molar-refractivity contribution is -0.116. The molecule has 0 saturated carbocycles. The second-order valence-corrected chi connectivity index (χ2v) is 8.24. The Balaban J connectivity index is 1.37. The number of carbonyl (C=O) groups excluding carboxylic acids is 1. The number of ketones is 1. The van der Waals surface area contributed by atoms with Crippen molar-refractivity contribution in [3.8, 4) is 0 Å². The standard InChI is InChI=1S/C21H17N5O2S/c27-15-7-3-6-13-18(15)19(20-14(23-13)10-22-26-20)16-8-9-17(28-16)29-21-24-11-4-1-2-5-12(11)25-21/h1-2,4-5,8-10,19,23H,3,6-7H2,(H,22,26)(H,24,25). The zero-order chi connectivity index (χ0) is 19.4. The number of para-hydroxylation sites is 2. The van der Waals surface area contributed by atoms with Crippen LogP contribution in [0.25, 0.3) is 11.0 Å². The maximum atomic E-state index is 12.7. The molecule has 4 aromatic rings. The van der Waals surface area contributed by atoms with Crippen LogP contribution in [-0.4, -0.2) is 25.9 Å². The molecule has 1 atom stereocenters. The molecule has 3 N–H and O–H groups in total. The average Bonchev–Trinajstić information content (AvgIpc) is 3.45. The fourth-order valence-corrected chi connectivity index (χ4v) is 4.92. The third kappa shape index (κ3) is 2.71. The van der Waals surface area contributed by atoms with Gasteiger partial charge in [-0.2, -0.15) is 5.10 Å². The predicted molar refractivity (Wildman–Crippen MR) is 109 cm³/mol. The highest BCUT2D eigenvalue weighted by Gasteiger charge is 2.38. The van der Waals surface area contributed by atoms with Crippen molar-refractivity contribution in [2.45, 2.75) is 35.4 Å². The molecule has 29 heavy (non-hydrogen) atoms. The molecule has 1 unspecified atom stereocenters. The summed E-state index contributed by atoms with van der Waals surface area (Å²) in [6.07, 6.45) is 4.07. The first-order valence-corrected chi connectivity index (χ1v) is 10.4. The number of nitrogens with zero attached hydrogens (tertiary/aromatic N) is 2. The second-order valence-electron chi connectivity index (χ2n) is 7.24. The summed E-state index contributed by atoms with van der Waals surface area (Å²) in [7, 11) is 0. The summed E-state index contributed by atoms with van der Waals surface area (Å²) in [5, 5.41) is 12.1. The van der Waals surface area contributed by atoms with Crippen LogP contribution in [0.1, 0.15) is 36.6 Å². The normalized spacial score (nSPS) is 18.6. The van der Waals surface area contributed by atoms with Crippen LogP contribution in [0.15, 0.2) is 68.5 Å². The molecule has 4 heterocycles. The molecule has 0 spiro atoms. The van der Waals surface area contributed by atoms with Gasteiger partial charge in [-0.1, -0.05) is 12.1 Å².